The second-order valence-corrected chi connectivity index (χ2v) is 6.95. The Morgan fingerprint density at radius 2 is 1.75 bits per heavy atom. The first kappa shape index (κ1) is 18.3. The Morgan fingerprint density at radius 1 is 1.07 bits per heavy atom. The lowest BCUT2D eigenvalue weighted by Crippen LogP contribution is -2.39. The van der Waals surface area contributed by atoms with E-state index >= 15 is 0 Å². The molecule has 2 heterocycles. The molecule has 0 spiro atoms. The van der Waals surface area contributed by atoms with Crippen molar-refractivity contribution < 1.29 is 18.1 Å². The second-order valence-electron chi connectivity index (χ2n) is 6.95. The first-order valence-corrected chi connectivity index (χ1v) is 9.20. The number of likely N-dealkylation sites (tertiary alicyclic amines) is 1. The summed E-state index contributed by atoms with van der Waals surface area (Å²) in [6.07, 6.45) is 2.13. The molecule has 5 nitrogen and oxygen atoms in total. The van der Waals surface area contributed by atoms with Crippen LogP contribution >= 0.6 is 0 Å². The largest absolute Gasteiger partial charge is 0.339 e. The van der Waals surface area contributed by atoms with E-state index in [-0.39, 0.29) is 23.5 Å². The minimum absolute atomic E-state index is 0.0346. The van der Waals surface area contributed by atoms with Crippen LogP contribution in [0.1, 0.15) is 46.4 Å². The van der Waals surface area contributed by atoms with Crippen LogP contribution in [0.15, 0.2) is 53.1 Å². The average Bonchev–Trinajstić information content (AvgIpc) is 3.18. The van der Waals surface area contributed by atoms with Crippen LogP contribution in [0.4, 0.5) is 8.78 Å². The highest BCUT2D eigenvalue weighted by atomic mass is 19.1. The van der Waals surface area contributed by atoms with Gasteiger partial charge in [-0.2, -0.15) is 4.98 Å². The summed E-state index contributed by atoms with van der Waals surface area (Å²) in [7, 11) is 0. The Labute approximate surface area is 161 Å². The highest BCUT2D eigenvalue weighted by Gasteiger charge is 2.29. The summed E-state index contributed by atoms with van der Waals surface area (Å²) in [6.45, 7) is 1.12. The van der Waals surface area contributed by atoms with Gasteiger partial charge in [-0.1, -0.05) is 17.3 Å². The molecule has 4 rings (SSSR count). The maximum absolute atomic E-state index is 13.1. The average molecular weight is 383 g/mol. The highest BCUT2D eigenvalue weighted by molar-refractivity contribution is 5.94. The minimum Gasteiger partial charge on any atom is -0.339 e. The van der Waals surface area contributed by atoms with Gasteiger partial charge >= 0.3 is 0 Å². The molecule has 1 aromatic heterocycles. The molecular formula is C21H19F2N3O2. The molecule has 1 fully saturated rings. The van der Waals surface area contributed by atoms with Crippen molar-refractivity contribution in [3.8, 4) is 0 Å². The number of nitrogens with zero attached hydrogens (tertiary/aromatic N) is 3. The van der Waals surface area contributed by atoms with Gasteiger partial charge in [-0.3, -0.25) is 4.79 Å². The minimum atomic E-state index is -0.368. The first-order valence-electron chi connectivity index (χ1n) is 9.20. The summed E-state index contributed by atoms with van der Waals surface area (Å²) in [4.78, 5) is 18.9. The SMILES string of the molecule is O=C(c1ccc(F)cc1)N1CCC[C@H](c2nc(Cc3ccc(F)cc3)no2)C1. The van der Waals surface area contributed by atoms with Gasteiger partial charge in [0, 0.05) is 25.1 Å². The number of carbonyl (C=O) groups excluding carboxylic acids is 1. The fraction of sp³-hybridized carbons (Fsp3) is 0.286. The molecule has 1 saturated heterocycles. The van der Waals surface area contributed by atoms with Crippen molar-refractivity contribution in [1.29, 1.82) is 0 Å². The van der Waals surface area contributed by atoms with E-state index in [9.17, 15) is 13.6 Å². The summed E-state index contributed by atoms with van der Waals surface area (Å²) < 4.78 is 31.5. The Morgan fingerprint density at radius 3 is 2.46 bits per heavy atom. The number of carbonyl (C=O) groups is 1. The zero-order chi connectivity index (χ0) is 19.5. The summed E-state index contributed by atoms with van der Waals surface area (Å²) >= 11 is 0. The predicted molar refractivity (Wildman–Crippen MR) is 97.8 cm³/mol. The predicted octanol–water partition coefficient (Wildman–Crippen LogP) is 3.96. The van der Waals surface area contributed by atoms with Gasteiger partial charge < -0.3 is 9.42 Å². The number of benzene rings is 2. The fourth-order valence-electron chi connectivity index (χ4n) is 3.43. The Hall–Kier alpha value is -3.09. The van der Waals surface area contributed by atoms with Crippen molar-refractivity contribution in [3.05, 3.63) is 83.0 Å². The third kappa shape index (κ3) is 4.08. The molecule has 1 amide bonds. The molecule has 0 saturated carbocycles. The number of hydrogen-bond acceptors (Lipinski definition) is 4. The van der Waals surface area contributed by atoms with E-state index < -0.39 is 0 Å². The second kappa shape index (κ2) is 7.88. The molecule has 144 valence electrons. The van der Waals surface area contributed by atoms with Crippen molar-refractivity contribution in [3.63, 3.8) is 0 Å². The number of rotatable bonds is 4. The van der Waals surface area contributed by atoms with Gasteiger partial charge in [0.15, 0.2) is 5.82 Å². The van der Waals surface area contributed by atoms with Crippen LogP contribution in [-0.4, -0.2) is 34.0 Å². The number of halogens is 2. The number of hydrogen-bond donors (Lipinski definition) is 0. The lowest BCUT2D eigenvalue weighted by Gasteiger charge is -2.31. The van der Waals surface area contributed by atoms with Gasteiger partial charge in [0.05, 0.1) is 5.92 Å². The van der Waals surface area contributed by atoms with Gasteiger partial charge in [0.2, 0.25) is 5.89 Å². The quantitative estimate of drug-likeness (QED) is 0.684. The van der Waals surface area contributed by atoms with Gasteiger partial charge in [-0.15, -0.1) is 0 Å². The molecule has 0 unspecified atom stereocenters. The van der Waals surface area contributed by atoms with Gasteiger partial charge in [-0.25, -0.2) is 8.78 Å². The first-order chi connectivity index (χ1) is 13.6. The van der Waals surface area contributed by atoms with Crippen molar-refractivity contribution >= 4 is 5.91 Å². The van der Waals surface area contributed by atoms with Crippen LogP contribution in [0.25, 0.3) is 0 Å². The topological polar surface area (TPSA) is 59.2 Å². The van der Waals surface area contributed by atoms with Gasteiger partial charge in [0.25, 0.3) is 5.91 Å². The van der Waals surface area contributed by atoms with Crippen molar-refractivity contribution in [2.24, 2.45) is 0 Å². The van der Waals surface area contributed by atoms with E-state index in [0.717, 1.165) is 18.4 Å². The van der Waals surface area contributed by atoms with E-state index in [4.69, 9.17) is 4.52 Å². The molecule has 3 aromatic rings. The molecular weight excluding hydrogens is 364 g/mol. The fourth-order valence-corrected chi connectivity index (χ4v) is 3.43. The zero-order valence-electron chi connectivity index (χ0n) is 15.1. The maximum Gasteiger partial charge on any atom is 0.253 e. The summed E-state index contributed by atoms with van der Waals surface area (Å²) in [5.74, 6) is 0.221. The molecule has 1 aliphatic heterocycles. The summed E-state index contributed by atoms with van der Waals surface area (Å²) in [5, 5.41) is 4.02. The summed E-state index contributed by atoms with van der Waals surface area (Å²) in [5.41, 5.74) is 1.36. The molecule has 0 N–H and O–H groups in total. The van der Waals surface area contributed by atoms with E-state index in [1.807, 2.05) is 0 Å². The lowest BCUT2D eigenvalue weighted by molar-refractivity contribution is 0.0695. The Balaban J connectivity index is 1.43. The zero-order valence-corrected chi connectivity index (χ0v) is 15.1. The van der Waals surface area contributed by atoms with Crippen LogP contribution < -0.4 is 0 Å². The van der Waals surface area contributed by atoms with Crippen molar-refractivity contribution in [2.75, 3.05) is 13.1 Å². The molecule has 7 heteroatoms. The standard InChI is InChI=1S/C21H19F2N3O2/c22-17-7-3-14(4-8-17)12-19-24-20(28-25-19)16-2-1-11-26(13-16)21(27)15-5-9-18(23)10-6-15/h3-10,16H,1-2,11-13H2/t16-/m0/s1. The monoisotopic (exact) mass is 383 g/mol. The van der Waals surface area contributed by atoms with E-state index in [1.54, 1.807) is 17.0 Å². The van der Waals surface area contributed by atoms with E-state index in [0.29, 0.717) is 36.8 Å². The number of piperidine rings is 1. The number of amides is 1. The maximum atomic E-state index is 13.1. The normalized spacial score (nSPS) is 16.9. The third-order valence-corrected chi connectivity index (χ3v) is 4.91. The van der Waals surface area contributed by atoms with Crippen molar-refractivity contribution in [2.45, 2.75) is 25.2 Å². The molecule has 0 aliphatic carbocycles. The molecule has 1 atom stereocenters. The summed E-state index contributed by atoms with van der Waals surface area (Å²) in [6, 6.07) is 11.7. The lowest BCUT2D eigenvalue weighted by atomic mass is 9.97. The molecule has 0 radical (unpaired) electrons. The molecule has 0 bridgehead atoms. The third-order valence-electron chi connectivity index (χ3n) is 4.91. The smallest absolute Gasteiger partial charge is 0.253 e. The number of aromatic nitrogens is 2. The van der Waals surface area contributed by atoms with Gasteiger partial charge in [-0.05, 0) is 54.8 Å². The van der Waals surface area contributed by atoms with Crippen molar-refractivity contribution in [1.82, 2.24) is 15.0 Å². The van der Waals surface area contributed by atoms with Crippen LogP contribution in [0, 0.1) is 11.6 Å². The van der Waals surface area contributed by atoms with Crippen LogP contribution in [0.3, 0.4) is 0 Å². The highest BCUT2D eigenvalue weighted by Crippen LogP contribution is 2.27. The van der Waals surface area contributed by atoms with Crippen LogP contribution in [0.5, 0.6) is 0 Å². The molecule has 2 aromatic carbocycles. The van der Waals surface area contributed by atoms with Gasteiger partial charge in [0.1, 0.15) is 11.6 Å². The Bertz CT molecular complexity index is 955. The van der Waals surface area contributed by atoms with E-state index in [2.05, 4.69) is 10.1 Å². The Kier molecular flexibility index (Phi) is 5.14. The van der Waals surface area contributed by atoms with E-state index in [1.165, 1.54) is 36.4 Å². The van der Waals surface area contributed by atoms with Crippen LogP contribution in [-0.2, 0) is 6.42 Å². The van der Waals surface area contributed by atoms with Crippen LogP contribution in [0.2, 0.25) is 0 Å². The molecule has 1 aliphatic rings. The molecule has 28 heavy (non-hydrogen) atoms.